The third-order valence-corrected chi connectivity index (χ3v) is 1.50. The number of terminal acetylenes is 1. The zero-order valence-electron chi connectivity index (χ0n) is 7.00. The minimum Gasteiger partial charge on any atom is -0.297 e. The van der Waals surface area contributed by atoms with E-state index in [-0.39, 0.29) is 0 Å². The van der Waals surface area contributed by atoms with Gasteiger partial charge in [-0.2, -0.15) is 0 Å². The Kier molecular flexibility index (Phi) is 3.34. The van der Waals surface area contributed by atoms with Crippen LogP contribution in [0.1, 0.15) is 11.1 Å². The van der Waals surface area contributed by atoms with Gasteiger partial charge in [0.15, 0.2) is 0 Å². The van der Waals surface area contributed by atoms with Crippen molar-refractivity contribution in [2.24, 2.45) is 0 Å². The summed E-state index contributed by atoms with van der Waals surface area (Å²) in [4.78, 5) is 4.99. The summed E-state index contributed by atoms with van der Waals surface area (Å²) in [7, 11) is 1.73. The number of rotatable bonds is 3. The lowest BCUT2D eigenvalue weighted by molar-refractivity contribution is 0.0444. The summed E-state index contributed by atoms with van der Waals surface area (Å²) < 4.78 is 0. The zero-order chi connectivity index (χ0) is 8.81. The van der Waals surface area contributed by atoms with Crippen LogP contribution in [-0.2, 0) is 11.4 Å². The number of nitrogens with one attached hydrogen (secondary N) is 1. The van der Waals surface area contributed by atoms with E-state index in [0.717, 1.165) is 11.1 Å². The fraction of sp³-hybridized carbons (Fsp3) is 0.200. The molecule has 1 rings (SSSR count). The van der Waals surface area contributed by atoms with E-state index >= 15 is 0 Å². The molecule has 0 spiro atoms. The fourth-order valence-corrected chi connectivity index (χ4v) is 0.853. The maximum Gasteiger partial charge on any atom is 0.0932 e. The van der Waals surface area contributed by atoms with Gasteiger partial charge in [-0.3, -0.25) is 4.84 Å². The smallest absolute Gasteiger partial charge is 0.0932 e. The zero-order valence-corrected chi connectivity index (χ0v) is 7.00. The highest BCUT2D eigenvalue weighted by Gasteiger charge is 1.91. The van der Waals surface area contributed by atoms with Crippen LogP contribution in [0.2, 0.25) is 0 Å². The lowest BCUT2D eigenvalue weighted by Crippen LogP contribution is -2.06. The van der Waals surface area contributed by atoms with Gasteiger partial charge in [0.1, 0.15) is 0 Å². The normalized spacial score (nSPS) is 9.33. The largest absolute Gasteiger partial charge is 0.297 e. The van der Waals surface area contributed by atoms with Crippen LogP contribution in [0.15, 0.2) is 24.3 Å². The molecule has 0 radical (unpaired) electrons. The van der Waals surface area contributed by atoms with Gasteiger partial charge in [-0.1, -0.05) is 18.1 Å². The van der Waals surface area contributed by atoms with Gasteiger partial charge < -0.3 is 0 Å². The predicted molar refractivity (Wildman–Crippen MR) is 48.2 cm³/mol. The summed E-state index contributed by atoms with van der Waals surface area (Å²) in [5.74, 6) is 2.55. The first-order chi connectivity index (χ1) is 5.86. The number of benzene rings is 1. The van der Waals surface area contributed by atoms with Gasteiger partial charge >= 0.3 is 0 Å². The molecule has 0 heterocycles. The Morgan fingerprint density at radius 2 is 2.08 bits per heavy atom. The lowest BCUT2D eigenvalue weighted by Gasteiger charge is -2.00. The second-order valence-electron chi connectivity index (χ2n) is 2.33. The minimum atomic E-state index is 0.557. The van der Waals surface area contributed by atoms with Crippen LogP contribution >= 0.6 is 0 Å². The Hall–Kier alpha value is -1.30. The van der Waals surface area contributed by atoms with Crippen LogP contribution in [0.25, 0.3) is 0 Å². The quantitative estimate of drug-likeness (QED) is 0.533. The summed E-state index contributed by atoms with van der Waals surface area (Å²) in [5.41, 5.74) is 4.60. The van der Waals surface area contributed by atoms with E-state index in [2.05, 4.69) is 11.4 Å². The van der Waals surface area contributed by atoms with E-state index < -0.39 is 0 Å². The molecule has 0 fully saturated rings. The first-order valence-electron chi connectivity index (χ1n) is 3.71. The van der Waals surface area contributed by atoms with Crippen molar-refractivity contribution in [3.05, 3.63) is 35.4 Å². The average molecular weight is 161 g/mol. The fourth-order valence-electron chi connectivity index (χ4n) is 0.853. The number of hydrogen-bond acceptors (Lipinski definition) is 2. The molecule has 0 aliphatic carbocycles. The van der Waals surface area contributed by atoms with Crippen LogP contribution in [0.3, 0.4) is 0 Å². The van der Waals surface area contributed by atoms with Crippen molar-refractivity contribution >= 4 is 0 Å². The molecule has 0 aliphatic rings. The molecule has 0 amide bonds. The van der Waals surface area contributed by atoms with Crippen LogP contribution in [0.4, 0.5) is 0 Å². The average Bonchev–Trinajstić information content (AvgIpc) is 2.15. The highest BCUT2D eigenvalue weighted by molar-refractivity contribution is 5.33. The molecule has 0 unspecified atom stereocenters. The molecule has 1 N–H and O–H groups in total. The molecule has 0 saturated heterocycles. The monoisotopic (exact) mass is 161 g/mol. The van der Waals surface area contributed by atoms with Crippen LogP contribution in [0, 0.1) is 12.3 Å². The Morgan fingerprint density at radius 1 is 1.42 bits per heavy atom. The second-order valence-corrected chi connectivity index (χ2v) is 2.33. The van der Waals surface area contributed by atoms with Gasteiger partial charge in [0.05, 0.1) is 6.61 Å². The van der Waals surface area contributed by atoms with Crippen molar-refractivity contribution in [1.82, 2.24) is 5.48 Å². The molecule has 0 atom stereocenters. The van der Waals surface area contributed by atoms with Gasteiger partial charge in [0.2, 0.25) is 0 Å². The summed E-state index contributed by atoms with van der Waals surface area (Å²) in [6, 6.07) is 7.70. The number of hydroxylamine groups is 1. The van der Waals surface area contributed by atoms with Crippen molar-refractivity contribution in [3.8, 4) is 12.3 Å². The Labute approximate surface area is 72.5 Å². The third-order valence-electron chi connectivity index (χ3n) is 1.50. The third kappa shape index (κ3) is 2.39. The molecule has 1 aromatic carbocycles. The standard InChI is InChI=1S/C10H11NO/c1-3-9-4-6-10(7-5-9)8-12-11-2/h1,4-7,11H,8H2,2H3. The van der Waals surface area contributed by atoms with Crippen molar-refractivity contribution in [1.29, 1.82) is 0 Å². The van der Waals surface area contributed by atoms with E-state index in [0.29, 0.717) is 6.61 Å². The Morgan fingerprint density at radius 3 is 2.58 bits per heavy atom. The Bertz CT molecular complexity index is 271. The van der Waals surface area contributed by atoms with Crippen molar-refractivity contribution in [2.75, 3.05) is 7.05 Å². The maximum absolute atomic E-state index is 5.21. The van der Waals surface area contributed by atoms with Crippen LogP contribution in [0.5, 0.6) is 0 Å². The molecule has 0 saturated carbocycles. The highest BCUT2D eigenvalue weighted by atomic mass is 16.6. The lowest BCUT2D eigenvalue weighted by atomic mass is 10.1. The summed E-state index contributed by atoms with van der Waals surface area (Å²) in [6.45, 7) is 0.557. The maximum atomic E-state index is 5.21. The van der Waals surface area contributed by atoms with Gasteiger partial charge in [-0.25, -0.2) is 5.48 Å². The van der Waals surface area contributed by atoms with Gasteiger partial charge in [-0.15, -0.1) is 6.42 Å². The number of hydrogen-bond donors (Lipinski definition) is 1. The van der Waals surface area contributed by atoms with Crippen LogP contribution in [-0.4, -0.2) is 7.05 Å². The first kappa shape index (κ1) is 8.79. The van der Waals surface area contributed by atoms with E-state index in [1.807, 2.05) is 24.3 Å². The second kappa shape index (κ2) is 4.55. The van der Waals surface area contributed by atoms with Gasteiger partial charge in [0, 0.05) is 12.6 Å². The molecular formula is C10H11NO. The first-order valence-corrected chi connectivity index (χ1v) is 3.71. The van der Waals surface area contributed by atoms with E-state index in [4.69, 9.17) is 11.3 Å². The highest BCUT2D eigenvalue weighted by Crippen LogP contribution is 2.03. The molecule has 0 aromatic heterocycles. The molecule has 1 aromatic rings. The molecule has 62 valence electrons. The minimum absolute atomic E-state index is 0.557. The van der Waals surface area contributed by atoms with E-state index in [1.54, 1.807) is 7.05 Å². The summed E-state index contributed by atoms with van der Waals surface area (Å²) in [5, 5.41) is 0. The SMILES string of the molecule is C#Cc1ccc(CONC)cc1. The van der Waals surface area contributed by atoms with Gasteiger partial charge in [0.25, 0.3) is 0 Å². The Balaban J connectivity index is 2.60. The molecule has 0 aliphatic heterocycles. The van der Waals surface area contributed by atoms with Crippen LogP contribution < -0.4 is 5.48 Å². The topological polar surface area (TPSA) is 21.3 Å². The van der Waals surface area contributed by atoms with Crippen molar-refractivity contribution in [3.63, 3.8) is 0 Å². The van der Waals surface area contributed by atoms with E-state index in [9.17, 15) is 0 Å². The molecule has 2 heteroatoms. The summed E-state index contributed by atoms with van der Waals surface area (Å²) in [6.07, 6.45) is 5.21. The predicted octanol–water partition coefficient (Wildman–Crippen LogP) is 1.32. The molecular weight excluding hydrogens is 150 g/mol. The van der Waals surface area contributed by atoms with Crippen molar-refractivity contribution < 1.29 is 4.84 Å². The molecule has 0 bridgehead atoms. The molecule has 2 nitrogen and oxygen atoms in total. The summed E-state index contributed by atoms with van der Waals surface area (Å²) >= 11 is 0. The molecule has 12 heavy (non-hydrogen) atoms. The van der Waals surface area contributed by atoms with Gasteiger partial charge in [-0.05, 0) is 17.7 Å². The van der Waals surface area contributed by atoms with E-state index in [1.165, 1.54) is 0 Å². The van der Waals surface area contributed by atoms with Crippen molar-refractivity contribution in [2.45, 2.75) is 6.61 Å².